The molecule has 0 saturated carbocycles. The minimum atomic E-state index is -0.580. The molecule has 2 aliphatic rings. The van der Waals surface area contributed by atoms with Gasteiger partial charge in [-0.25, -0.2) is 0 Å². The van der Waals surface area contributed by atoms with Crippen molar-refractivity contribution in [1.82, 2.24) is 0 Å². The number of rotatable bonds is 2. The predicted molar refractivity (Wildman–Crippen MR) is 157 cm³/mol. The number of hydrogen-bond donors (Lipinski definition) is 2. The van der Waals surface area contributed by atoms with E-state index in [4.69, 9.17) is 11.5 Å². The van der Waals surface area contributed by atoms with Crippen molar-refractivity contribution >= 4 is 10.8 Å². The summed E-state index contributed by atoms with van der Waals surface area (Å²) < 4.78 is 0. The second kappa shape index (κ2) is 7.75. The summed E-state index contributed by atoms with van der Waals surface area (Å²) in [5, 5.41) is 2.35. The van der Waals surface area contributed by atoms with Gasteiger partial charge >= 0.3 is 0 Å². The van der Waals surface area contributed by atoms with Gasteiger partial charge in [0.15, 0.2) is 0 Å². The fourth-order valence-corrected chi connectivity index (χ4v) is 7.22. The van der Waals surface area contributed by atoms with Gasteiger partial charge in [-0.1, -0.05) is 127 Å². The van der Waals surface area contributed by atoms with Crippen LogP contribution in [0.25, 0.3) is 44.2 Å². The van der Waals surface area contributed by atoms with E-state index in [1.165, 1.54) is 60.8 Å². The minimum Gasteiger partial charge on any atom is -0.312 e. The molecule has 2 heteroatoms. The van der Waals surface area contributed by atoms with E-state index in [2.05, 4.69) is 127 Å². The van der Waals surface area contributed by atoms with Crippen molar-refractivity contribution in [3.8, 4) is 33.4 Å². The molecule has 0 radical (unpaired) electrons. The van der Waals surface area contributed by atoms with Gasteiger partial charge in [0.2, 0.25) is 0 Å². The van der Waals surface area contributed by atoms with Gasteiger partial charge in [0.05, 0.1) is 11.6 Å². The minimum absolute atomic E-state index is 0.370. The van der Waals surface area contributed by atoms with Crippen LogP contribution >= 0.6 is 0 Å². The van der Waals surface area contributed by atoms with Crippen LogP contribution < -0.4 is 11.5 Å². The van der Waals surface area contributed by atoms with Gasteiger partial charge in [0, 0.05) is 0 Å². The van der Waals surface area contributed by atoms with Crippen molar-refractivity contribution in [3.63, 3.8) is 0 Å². The maximum Gasteiger partial charge on any atom is 0.0790 e. The third-order valence-corrected chi connectivity index (χ3v) is 8.61. The van der Waals surface area contributed by atoms with E-state index < -0.39 is 6.17 Å². The number of benzene rings is 6. The van der Waals surface area contributed by atoms with Crippen LogP contribution in [0.15, 0.2) is 127 Å². The van der Waals surface area contributed by atoms with E-state index in [0.29, 0.717) is 0 Å². The van der Waals surface area contributed by atoms with Crippen molar-refractivity contribution in [3.05, 3.63) is 155 Å². The summed E-state index contributed by atoms with van der Waals surface area (Å²) in [5.41, 5.74) is 26.2. The Morgan fingerprint density at radius 1 is 0.421 bits per heavy atom. The first-order valence-electron chi connectivity index (χ1n) is 13.2. The Balaban J connectivity index is 1.56. The molecular formula is C36H26N2. The summed E-state index contributed by atoms with van der Waals surface area (Å²) in [6, 6.07) is 46.3. The molecule has 0 fully saturated rings. The Morgan fingerprint density at radius 3 is 1.63 bits per heavy atom. The highest BCUT2D eigenvalue weighted by Gasteiger charge is 2.52. The second-order valence-electron chi connectivity index (χ2n) is 10.4. The summed E-state index contributed by atoms with van der Waals surface area (Å²) in [5.74, 6) is 0. The second-order valence-corrected chi connectivity index (χ2v) is 10.4. The van der Waals surface area contributed by atoms with E-state index in [-0.39, 0.29) is 5.41 Å². The molecule has 0 unspecified atom stereocenters. The molecule has 0 aliphatic heterocycles. The van der Waals surface area contributed by atoms with E-state index >= 15 is 0 Å². The van der Waals surface area contributed by atoms with Gasteiger partial charge in [-0.3, -0.25) is 0 Å². The zero-order valence-corrected chi connectivity index (χ0v) is 20.9. The molecule has 0 bridgehead atoms. The first-order chi connectivity index (χ1) is 18.7. The fraction of sp³-hybridized carbons (Fsp3) is 0.0556. The third kappa shape index (κ3) is 2.58. The molecule has 2 nitrogen and oxygen atoms in total. The molecule has 0 amide bonds. The Labute approximate surface area is 222 Å². The number of hydrogen-bond acceptors (Lipinski definition) is 2. The van der Waals surface area contributed by atoms with E-state index in [0.717, 1.165) is 11.1 Å². The molecule has 0 heterocycles. The highest BCUT2D eigenvalue weighted by atomic mass is 14.8. The maximum absolute atomic E-state index is 6.40. The van der Waals surface area contributed by atoms with Crippen LogP contribution in [0.3, 0.4) is 0 Å². The van der Waals surface area contributed by atoms with Crippen LogP contribution in [0.4, 0.5) is 0 Å². The van der Waals surface area contributed by atoms with E-state index in [1.807, 2.05) is 0 Å². The Morgan fingerprint density at radius 2 is 0.947 bits per heavy atom. The number of nitrogens with two attached hydrogens (primary N) is 2. The van der Waals surface area contributed by atoms with Gasteiger partial charge in [0.1, 0.15) is 0 Å². The summed E-state index contributed by atoms with van der Waals surface area (Å²) in [4.78, 5) is 0. The van der Waals surface area contributed by atoms with E-state index in [1.54, 1.807) is 0 Å². The van der Waals surface area contributed by atoms with Gasteiger partial charge in [-0.05, 0) is 72.0 Å². The summed E-state index contributed by atoms with van der Waals surface area (Å²) in [7, 11) is 0. The highest BCUT2D eigenvalue weighted by molar-refractivity contribution is 6.06. The molecule has 4 N–H and O–H groups in total. The Bertz CT molecular complexity index is 1870. The van der Waals surface area contributed by atoms with Gasteiger partial charge in [0.25, 0.3) is 0 Å². The molecule has 6 aromatic carbocycles. The normalized spacial score (nSPS) is 14.0. The lowest BCUT2D eigenvalue weighted by atomic mass is 9.70. The molecule has 1 spiro atoms. The molecule has 0 aromatic heterocycles. The van der Waals surface area contributed by atoms with E-state index in [9.17, 15) is 0 Å². The van der Waals surface area contributed by atoms with Crippen molar-refractivity contribution in [1.29, 1.82) is 0 Å². The lowest BCUT2D eigenvalue weighted by Crippen LogP contribution is -2.25. The van der Waals surface area contributed by atoms with Gasteiger partial charge in [-0.2, -0.15) is 0 Å². The average molecular weight is 487 g/mol. The van der Waals surface area contributed by atoms with Crippen molar-refractivity contribution in [2.75, 3.05) is 0 Å². The first kappa shape index (κ1) is 21.6. The van der Waals surface area contributed by atoms with Crippen molar-refractivity contribution < 1.29 is 0 Å². The molecule has 6 aromatic rings. The molecule has 8 rings (SSSR count). The Kier molecular flexibility index (Phi) is 4.40. The molecule has 0 atom stereocenters. The first-order valence-corrected chi connectivity index (χ1v) is 13.2. The van der Waals surface area contributed by atoms with Gasteiger partial charge in [-0.15, -0.1) is 0 Å². The summed E-state index contributed by atoms with van der Waals surface area (Å²) in [6.45, 7) is 0. The van der Waals surface area contributed by atoms with Crippen molar-refractivity contribution in [2.45, 2.75) is 11.6 Å². The van der Waals surface area contributed by atoms with Crippen molar-refractivity contribution in [2.24, 2.45) is 11.5 Å². The van der Waals surface area contributed by atoms with Crippen LogP contribution in [0.2, 0.25) is 0 Å². The zero-order chi connectivity index (χ0) is 25.4. The fourth-order valence-electron chi connectivity index (χ4n) is 7.22. The summed E-state index contributed by atoms with van der Waals surface area (Å²) in [6.07, 6.45) is -0.580. The zero-order valence-electron chi connectivity index (χ0n) is 20.9. The lowest BCUT2D eigenvalue weighted by molar-refractivity contribution is 0.777. The smallest absolute Gasteiger partial charge is 0.0790 e. The standard InChI is InChI=1S/C36H26N2/c37-35(38)28-21-20-22-10-1-2-11-23(22)33(28)27-15-9-19-32-34(27)26-14-5-8-18-31(26)36(32)29-16-6-3-12-24(29)25-13-4-7-17-30(25)36/h1-21,35H,37-38H2. The van der Waals surface area contributed by atoms with Crippen LogP contribution in [0.1, 0.15) is 34.0 Å². The molecule has 38 heavy (non-hydrogen) atoms. The molecule has 0 saturated heterocycles. The molecule has 180 valence electrons. The SMILES string of the molecule is NC(N)c1ccc2ccccc2c1-c1cccc2c1-c1ccccc1C21c2ccccc2-c2ccccc21. The molecule has 2 aliphatic carbocycles. The van der Waals surface area contributed by atoms with Crippen LogP contribution in [0.5, 0.6) is 0 Å². The topological polar surface area (TPSA) is 52.0 Å². The van der Waals surface area contributed by atoms with Crippen LogP contribution in [-0.2, 0) is 5.41 Å². The van der Waals surface area contributed by atoms with Crippen LogP contribution in [0, 0.1) is 0 Å². The largest absolute Gasteiger partial charge is 0.312 e. The Hall–Kier alpha value is -4.50. The number of fused-ring (bicyclic) bond motifs is 11. The quantitative estimate of drug-likeness (QED) is 0.245. The monoisotopic (exact) mass is 486 g/mol. The predicted octanol–water partition coefficient (Wildman–Crippen LogP) is 7.77. The molecular weight excluding hydrogens is 460 g/mol. The highest BCUT2D eigenvalue weighted by Crippen LogP contribution is 2.64. The average Bonchev–Trinajstić information content (AvgIpc) is 3.44. The lowest BCUT2D eigenvalue weighted by Gasteiger charge is -2.30. The van der Waals surface area contributed by atoms with Crippen LogP contribution in [-0.4, -0.2) is 0 Å². The van der Waals surface area contributed by atoms with Gasteiger partial charge < -0.3 is 11.5 Å². The maximum atomic E-state index is 6.40. The summed E-state index contributed by atoms with van der Waals surface area (Å²) >= 11 is 0. The third-order valence-electron chi connectivity index (χ3n) is 8.61.